The van der Waals surface area contributed by atoms with Crippen molar-refractivity contribution in [2.24, 2.45) is 0 Å². The van der Waals surface area contributed by atoms with Gasteiger partial charge in [-0.1, -0.05) is 26.7 Å². The molecule has 6 atom stereocenters. The molecule has 17 nitrogen and oxygen atoms in total. The molecule has 0 aromatic heterocycles. The molecule has 1 fully saturated rings. The minimum Gasteiger partial charge on any atom is -0.465 e. The molecule has 0 saturated carbocycles. The number of ether oxygens (including phenoxy) is 6. The molecule has 1 N–H and O–H groups in total. The molecule has 0 radical (unpaired) electrons. The normalized spacial score (nSPS) is 22.5. The summed E-state index contributed by atoms with van der Waals surface area (Å²) >= 11 is 0. The first-order chi connectivity index (χ1) is 21.5. The van der Waals surface area contributed by atoms with Gasteiger partial charge in [0.1, 0.15) is 18.8 Å². The zero-order valence-corrected chi connectivity index (χ0v) is 28.4. The summed E-state index contributed by atoms with van der Waals surface area (Å²) in [7, 11) is -3.69. The van der Waals surface area contributed by atoms with Gasteiger partial charge >= 0.3 is 37.7 Å². The zero-order valence-electron chi connectivity index (χ0n) is 27.5. The number of carbonyl (C=O) groups is 6. The first kappa shape index (κ1) is 40.9. The van der Waals surface area contributed by atoms with E-state index in [1.54, 1.807) is 0 Å². The summed E-state index contributed by atoms with van der Waals surface area (Å²) in [6, 6.07) is -1.43. The number of phosphoric ester groups is 1. The molecule has 0 aromatic carbocycles. The van der Waals surface area contributed by atoms with Crippen LogP contribution in [0.3, 0.4) is 0 Å². The number of amides is 1. The van der Waals surface area contributed by atoms with Crippen molar-refractivity contribution < 1.29 is 75.3 Å². The Kier molecular flexibility index (Phi) is 17.4. The largest absolute Gasteiger partial charge is 0.477 e. The molecule has 0 aromatic rings. The number of phosphoric acid groups is 1. The van der Waals surface area contributed by atoms with Crippen LogP contribution in [0.2, 0.25) is 0 Å². The molecule has 18 heteroatoms. The maximum atomic E-state index is 14.0. The molecule has 1 saturated heterocycles. The Morgan fingerprint density at radius 1 is 0.870 bits per heavy atom. The van der Waals surface area contributed by atoms with Gasteiger partial charge in [0.05, 0.1) is 32.8 Å². The molecule has 46 heavy (non-hydrogen) atoms. The SMILES string of the molecule is CCCCOP(=O)(OCCCC)O[C@]1(C(=O)OC)C[C@@H](OC(C)=O)[C@@H](NC(C)=O)C([C@H](OC(C)=O)[C@@H](COC(C)=O)OC(C)=O)O1. The molecule has 1 rings (SSSR count). The Morgan fingerprint density at radius 2 is 1.43 bits per heavy atom. The lowest BCUT2D eigenvalue weighted by atomic mass is 9.88. The van der Waals surface area contributed by atoms with Crippen molar-refractivity contribution in [2.45, 2.75) is 117 Å². The van der Waals surface area contributed by atoms with Crippen molar-refractivity contribution in [1.82, 2.24) is 5.32 Å². The summed E-state index contributed by atoms with van der Waals surface area (Å²) < 4.78 is 63.3. The molecular weight excluding hydrogens is 637 g/mol. The van der Waals surface area contributed by atoms with E-state index in [1.807, 2.05) is 13.8 Å². The van der Waals surface area contributed by atoms with Crippen LogP contribution in [-0.4, -0.2) is 98.9 Å². The lowest BCUT2D eigenvalue weighted by Gasteiger charge is -2.48. The fourth-order valence-corrected chi connectivity index (χ4v) is 5.84. The van der Waals surface area contributed by atoms with Gasteiger partial charge in [0.2, 0.25) is 5.91 Å². The molecule has 1 aliphatic rings. The van der Waals surface area contributed by atoms with E-state index in [4.69, 9.17) is 42.0 Å². The smallest absolute Gasteiger partial charge is 0.465 e. The van der Waals surface area contributed by atoms with E-state index in [1.165, 1.54) is 0 Å². The Hall–Kier alpha value is -3.11. The number of unbranched alkanes of at least 4 members (excludes halogenated alkanes) is 2. The number of nitrogens with one attached hydrogen (secondary N) is 1. The summed E-state index contributed by atoms with van der Waals surface area (Å²) in [5.41, 5.74) is 0. The number of esters is 5. The molecule has 264 valence electrons. The Labute approximate surface area is 268 Å². The van der Waals surface area contributed by atoms with Gasteiger partial charge < -0.3 is 33.7 Å². The average Bonchev–Trinajstić information content (AvgIpc) is 2.94. The molecule has 0 spiro atoms. The highest BCUT2D eigenvalue weighted by atomic mass is 31.2. The van der Waals surface area contributed by atoms with Crippen molar-refractivity contribution >= 4 is 43.6 Å². The van der Waals surface area contributed by atoms with Crippen LogP contribution >= 0.6 is 7.82 Å². The lowest BCUT2D eigenvalue weighted by Crippen LogP contribution is -2.69. The van der Waals surface area contributed by atoms with Gasteiger partial charge in [-0.15, -0.1) is 0 Å². The van der Waals surface area contributed by atoms with E-state index in [-0.39, 0.29) is 13.2 Å². The third-order valence-corrected chi connectivity index (χ3v) is 7.76. The highest BCUT2D eigenvalue weighted by Gasteiger charge is 2.62. The fourth-order valence-electron chi connectivity index (χ4n) is 4.40. The van der Waals surface area contributed by atoms with Gasteiger partial charge in [0.15, 0.2) is 12.2 Å². The predicted molar refractivity (Wildman–Crippen MR) is 156 cm³/mol. The predicted octanol–water partition coefficient (Wildman–Crippen LogP) is 2.27. The summed E-state index contributed by atoms with van der Waals surface area (Å²) in [5.74, 6) is -8.23. The molecule has 1 unspecified atom stereocenters. The Morgan fingerprint density at radius 3 is 1.87 bits per heavy atom. The molecule has 1 aliphatic heterocycles. The number of hydrogen-bond donors (Lipinski definition) is 1. The second-order valence-electron chi connectivity index (χ2n) is 10.3. The summed E-state index contributed by atoms with van der Waals surface area (Å²) in [6.07, 6.45) is -5.24. The highest BCUT2D eigenvalue weighted by molar-refractivity contribution is 7.48. The number of rotatable bonds is 19. The third kappa shape index (κ3) is 13.3. The van der Waals surface area contributed by atoms with Gasteiger partial charge in [0.25, 0.3) is 5.79 Å². The van der Waals surface area contributed by atoms with Crippen molar-refractivity contribution in [3.8, 4) is 0 Å². The van der Waals surface area contributed by atoms with Crippen LogP contribution in [0, 0.1) is 0 Å². The van der Waals surface area contributed by atoms with Gasteiger partial charge in [-0.2, -0.15) is 0 Å². The third-order valence-electron chi connectivity index (χ3n) is 6.25. The molecule has 1 heterocycles. The second kappa shape index (κ2) is 19.5. The fraction of sp³-hybridized carbons (Fsp3) is 0.786. The van der Waals surface area contributed by atoms with E-state index < -0.39 is 92.8 Å². The Bertz CT molecular complexity index is 1100. The van der Waals surface area contributed by atoms with Crippen LogP contribution in [0.15, 0.2) is 0 Å². The summed E-state index contributed by atoms with van der Waals surface area (Å²) in [6.45, 7) is 8.11. The zero-order chi connectivity index (χ0) is 35.1. The van der Waals surface area contributed by atoms with Crippen molar-refractivity contribution in [3.63, 3.8) is 0 Å². The lowest BCUT2D eigenvalue weighted by molar-refractivity contribution is -0.293. The van der Waals surface area contributed by atoms with E-state index in [0.29, 0.717) is 25.7 Å². The van der Waals surface area contributed by atoms with Crippen molar-refractivity contribution in [1.29, 1.82) is 0 Å². The minimum atomic E-state index is -4.66. The molecule has 0 aliphatic carbocycles. The van der Waals surface area contributed by atoms with Crippen LogP contribution in [0.25, 0.3) is 0 Å². The maximum Gasteiger partial charge on any atom is 0.477 e. The quantitative estimate of drug-likeness (QED) is 0.0894. The molecule has 1 amide bonds. The monoisotopic (exact) mass is 683 g/mol. The van der Waals surface area contributed by atoms with Crippen LogP contribution in [-0.2, 0) is 75.3 Å². The van der Waals surface area contributed by atoms with Gasteiger partial charge in [-0.05, 0) is 12.8 Å². The van der Waals surface area contributed by atoms with Crippen LogP contribution in [0.5, 0.6) is 0 Å². The molecular formula is C28H46NO16P. The second-order valence-corrected chi connectivity index (χ2v) is 11.9. The number of hydrogen-bond acceptors (Lipinski definition) is 16. The minimum absolute atomic E-state index is 0.102. The van der Waals surface area contributed by atoms with Gasteiger partial charge in [-0.25, -0.2) is 13.9 Å². The van der Waals surface area contributed by atoms with E-state index in [9.17, 15) is 33.3 Å². The summed E-state index contributed by atoms with van der Waals surface area (Å²) in [4.78, 5) is 74.4. The van der Waals surface area contributed by atoms with Crippen molar-refractivity contribution in [2.75, 3.05) is 26.9 Å². The van der Waals surface area contributed by atoms with E-state index in [0.717, 1.165) is 41.7 Å². The first-order valence-electron chi connectivity index (χ1n) is 14.8. The summed E-state index contributed by atoms with van der Waals surface area (Å²) in [5, 5.41) is 2.54. The first-order valence-corrected chi connectivity index (χ1v) is 16.3. The maximum absolute atomic E-state index is 14.0. The highest BCUT2D eigenvalue weighted by Crippen LogP contribution is 2.56. The standard InChI is InChI=1S/C28H46NO16P/c1-9-11-13-39-46(36,40-14-12-10-2)45-28(27(35)37-8)15-22(41-19(5)32)24(29-17(3)30)26(44-28)25(43-21(7)34)23(42-20(6)33)16-38-18(4)31/h22-26H,9-16H2,1-8H3,(H,29,30)/t22-,23-,24-,25-,26?,28+/m1/s1. The number of methoxy groups -OCH3 is 1. The van der Waals surface area contributed by atoms with E-state index in [2.05, 4.69) is 5.32 Å². The van der Waals surface area contributed by atoms with Gasteiger partial charge in [-0.3, -0.25) is 33.0 Å². The van der Waals surface area contributed by atoms with Crippen LogP contribution in [0.1, 0.15) is 80.6 Å². The van der Waals surface area contributed by atoms with Gasteiger partial charge in [0, 0.05) is 34.6 Å². The topological polar surface area (TPSA) is 215 Å². The Balaban J connectivity index is 3.98. The molecule has 0 bridgehead atoms. The number of carbonyl (C=O) groups excluding carboxylic acids is 6. The van der Waals surface area contributed by atoms with Crippen molar-refractivity contribution in [3.05, 3.63) is 0 Å². The van der Waals surface area contributed by atoms with Crippen LogP contribution in [0.4, 0.5) is 0 Å². The average molecular weight is 684 g/mol. The van der Waals surface area contributed by atoms with E-state index >= 15 is 0 Å². The van der Waals surface area contributed by atoms with Crippen LogP contribution < -0.4 is 5.32 Å².